The van der Waals surface area contributed by atoms with Crippen molar-refractivity contribution >= 4 is 40.6 Å². The molecule has 0 aliphatic rings. The largest absolute Gasteiger partial charge is 0.323 e. The molecule has 0 unspecified atom stereocenters. The van der Waals surface area contributed by atoms with E-state index in [9.17, 15) is 4.79 Å². The lowest BCUT2D eigenvalue weighted by Gasteiger charge is -2.09. The topological polar surface area (TPSA) is 41.1 Å². The number of rotatable bonds is 2. The minimum Gasteiger partial charge on any atom is -0.308 e. The number of amides is 2. The molecule has 98 valence electrons. The maximum Gasteiger partial charge on any atom is 0.323 e. The van der Waals surface area contributed by atoms with E-state index >= 15 is 0 Å². The Balaban J connectivity index is 2.05. The molecule has 0 bridgehead atoms. The van der Waals surface area contributed by atoms with Gasteiger partial charge in [0.25, 0.3) is 0 Å². The fourth-order valence-electron chi connectivity index (χ4n) is 1.60. The summed E-state index contributed by atoms with van der Waals surface area (Å²) in [4.78, 5) is 11.8. The monoisotopic (exact) mass is 294 g/mol. The molecule has 0 fully saturated rings. The van der Waals surface area contributed by atoms with E-state index in [1.807, 2.05) is 31.2 Å². The number of aryl methyl sites for hydroxylation is 1. The molecule has 0 aliphatic carbocycles. The van der Waals surface area contributed by atoms with Crippen LogP contribution in [0.1, 0.15) is 5.56 Å². The first-order chi connectivity index (χ1) is 9.04. The van der Waals surface area contributed by atoms with Crippen LogP contribution in [0.2, 0.25) is 10.0 Å². The molecule has 0 saturated carbocycles. The quantitative estimate of drug-likeness (QED) is 0.809. The number of carbonyl (C=O) groups excluding carboxylic acids is 1. The van der Waals surface area contributed by atoms with Crippen LogP contribution < -0.4 is 10.6 Å². The van der Waals surface area contributed by atoms with Gasteiger partial charge in [-0.25, -0.2) is 4.79 Å². The molecule has 0 saturated heterocycles. The fourth-order valence-corrected chi connectivity index (χ4v) is 2.05. The Hall–Kier alpha value is -1.71. The van der Waals surface area contributed by atoms with E-state index < -0.39 is 0 Å². The lowest BCUT2D eigenvalue weighted by atomic mass is 10.2. The predicted molar refractivity (Wildman–Crippen MR) is 80.3 cm³/mol. The van der Waals surface area contributed by atoms with Crippen LogP contribution >= 0.6 is 23.2 Å². The van der Waals surface area contributed by atoms with Crippen molar-refractivity contribution in [3.63, 3.8) is 0 Å². The van der Waals surface area contributed by atoms with Gasteiger partial charge in [0, 0.05) is 10.7 Å². The van der Waals surface area contributed by atoms with Gasteiger partial charge in [-0.3, -0.25) is 0 Å². The highest BCUT2D eigenvalue weighted by Crippen LogP contribution is 2.25. The third kappa shape index (κ3) is 3.88. The van der Waals surface area contributed by atoms with Crippen molar-refractivity contribution in [3.05, 3.63) is 58.1 Å². The lowest BCUT2D eigenvalue weighted by molar-refractivity contribution is 0.262. The Morgan fingerprint density at radius 2 is 1.84 bits per heavy atom. The predicted octanol–water partition coefficient (Wildman–Crippen LogP) is 4.95. The molecule has 0 atom stereocenters. The highest BCUT2D eigenvalue weighted by atomic mass is 35.5. The summed E-state index contributed by atoms with van der Waals surface area (Å²) in [5.41, 5.74) is 2.31. The van der Waals surface area contributed by atoms with Crippen LogP contribution in [-0.2, 0) is 0 Å². The number of anilines is 2. The summed E-state index contributed by atoms with van der Waals surface area (Å²) in [6.07, 6.45) is 0. The van der Waals surface area contributed by atoms with Crippen molar-refractivity contribution in [3.8, 4) is 0 Å². The van der Waals surface area contributed by atoms with Crippen LogP contribution in [0.5, 0.6) is 0 Å². The van der Waals surface area contributed by atoms with Gasteiger partial charge >= 0.3 is 6.03 Å². The summed E-state index contributed by atoms with van der Waals surface area (Å²) < 4.78 is 0. The minimum absolute atomic E-state index is 0.352. The number of halogens is 2. The van der Waals surface area contributed by atoms with Gasteiger partial charge in [0.1, 0.15) is 0 Å². The molecule has 0 radical (unpaired) electrons. The summed E-state index contributed by atoms with van der Waals surface area (Å²) in [6.45, 7) is 1.96. The fraction of sp³-hybridized carbons (Fsp3) is 0.0714. The number of hydrogen-bond acceptors (Lipinski definition) is 1. The van der Waals surface area contributed by atoms with Crippen LogP contribution in [0.15, 0.2) is 42.5 Å². The standard InChI is InChI=1S/C14H12Cl2N2O/c1-9-3-2-4-11(7-9)17-14(19)18-13-6-5-10(15)8-12(13)16/h2-8H,1H3,(H2,17,18,19). The molecule has 0 aromatic heterocycles. The van der Waals surface area contributed by atoms with Crippen LogP contribution in [0.25, 0.3) is 0 Å². The Labute approximate surface area is 121 Å². The highest BCUT2D eigenvalue weighted by Gasteiger charge is 2.06. The van der Waals surface area contributed by atoms with Gasteiger partial charge in [-0.15, -0.1) is 0 Å². The molecule has 2 N–H and O–H groups in total. The first kappa shape index (κ1) is 13.7. The van der Waals surface area contributed by atoms with E-state index in [0.29, 0.717) is 15.7 Å². The number of benzene rings is 2. The van der Waals surface area contributed by atoms with Crippen LogP contribution in [0.4, 0.5) is 16.2 Å². The number of urea groups is 1. The van der Waals surface area contributed by atoms with E-state index in [-0.39, 0.29) is 6.03 Å². The van der Waals surface area contributed by atoms with Crippen molar-refractivity contribution in [2.75, 3.05) is 10.6 Å². The molecule has 3 nitrogen and oxygen atoms in total. The lowest BCUT2D eigenvalue weighted by Crippen LogP contribution is -2.19. The molecule has 0 spiro atoms. The van der Waals surface area contributed by atoms with Crippen LogP contribution in [0.3, 0.4) is 0 Å². The Kier molecular flexibility index (Phi) is 4.30. The van der Waals surface area contributed by atoms with Gasteiger partial charge in [-0.2, -0.15) is 0 Å². The number of carbonyl (C=O) groups is 1. The zero-order valence-corrected chi connectivity index (χ0v) is 11.7. The Morgan fingerprint density at radius 3 is 2.53 bits per heavy atom. The molecule has 0 aliphatic heterocycles. The van der Waals surface area contributed by atoms with E-state index in [4.69, 9.17) is 23.2 Å². The van der Waals surface area contributed by atoms with Gasteiger partial charge in [-0.1, -0.05) is 35.3 Å². The summed E-state index contributed by atoms with van der Waals surface area (Å²) in [6, 6.07) is 12.1. The smallest absolute Gasteiger partial charge is 0.308 e. The minimum atomic E-state index is -0.352. The Bertz CT molecular complexity index is 614. The molecule has 2 aromatic rings. The SMILES string of the molecule is Cc1cccc(NC(=O)Nc2ccc(Cl)cc2Cl)c1. The van der Waals surface area contributed by atoms with Crippen molar-refractivity contribution in [1.29, 1.82) is 0 Å². The van der Waals surface area contributed by atoms with Gasteiger partial charge in [0.2, 0.25) is 0 Å². The molecule has 2 rings (SSSR count). The van der Waals surface area contributed by atoms with Crippen molar-refractivity contribution in [1.82, 2.24) is 0 Å². The highest BCUT2D eigenvalue weighted by molar-refractivity contribution is 6.36. The van der Waals surface area contributed by atoms with Crippen molar-refractivity contribution in [2.45, 2.75) is 6.92 Å². The maximum absolute atomic E-state index is 11.8. The molecule has 2 aromatic carbocycles. The van der Waals surface area contributed by atoms with E-state index in [0.717, 1.165) is 11.3 Å². The third-order valence-corrected chi connectivity index (χ3v) is 3.00. The van der Waals surface area contributed by atoms with Gasteiger partial charge in [0.15, 0.2) is 0 Å². The van der Waals surface area contributed by atoms with Crippen LogP contribution in [-0.4, -0.2) is 6.03 Å². The molecule has 2 amide bonds. The second-order valence-corrected chi connectivity index (χ2v) is 4.92. The summed E-state index contributed by atoms with van der Waals surface area (Å²) in [5.74, 6) is 0. The van der Waals surface area contributed by atoms with E-state index in [2.05, 4.69) is 10.6 Å². The summed E-state index contributed by atoms with van der Waals surface area (Å²) in [5, 5.41) is 6.31. The van der Waals surface area contributed by atoms with E-state index in [1.54, 1.807) is 18.2 Å². The van der Waals surface area contributed by atoms with Gasteiger partial charge in [-0.05, 0) is 42.8 Å². The third-order valence-electron chi connectivity index (χ3n) is 2.46. The summed E-state index contributed by atoms with van der Waals surface area (Å²) >= 11 is 11.8. The zero-order chi connectivity index (χ0) is 13.8. The second kappa shape index (κ2) is 5.95. The first-order valence-corrected chi connectivity index (χ1v) is 6.40. The Morgan fingerprint density at radius 1 is 1.05 bits per heavy atom. The van der Waals surface area contributed by atoms with Gasteiger partial charge < -0.3 is 10.6 Å². The molecule has 0 heterocycles. The number of nitrogens with one attached hydrogen (secondary N) is 2. The maximum atomic E-state index is 11.8. The molecular formula is C14H12Cl2N2O. The average Bonchev–Trinajstić information content (AvgIpc) is 2.33. The van der Waals surface area contributed by atoms with Crippen LogP contribution in [0, 0.1) is 6.92 Å². The van der Waals surface area contributed by atoms with E-state index in [1.165, 1.54) is 0 Å². The van der Waals surface area contributed by atoms with Crippen molar-refractivity contribution in [2.24, 2.45) is 0 Å². The summed E-state index contributed by atoms with van der Waals surface area (Å²) in [7, 11) is 0. The molecular weight excluding hydrogens is 283 g/mol. The first-order valence-electron chi connectivity index (χ1n) is 5.64. The normalized spacial score (nSPS) is 10.1. The number of hydrogen-bond donors (Lipinski definition) is 2. The molecule has 5 heteroatoms. The zero-order valence-electron chi connectivity index (χ0n) is 10.2. The average molecular weight is 295 g/mol. The second-order valence-electron chi connectivity index (χ2n) is 4.07. The van der Waals surface area contributed by atoms with Gasteiger partial charge in [0.05, 0.1) is 10.7 Å². The van der Waals surface area contributed by atoms with Crippen molar-refractivity contribution < 1.29 is 4.79 Å². The molecule has 19 heavy (non-hydrogen) atoms.